The fourth-order valence-electron chi connectivity index (χ4n) is 4.35. The molecule has 0 spiro atoms. The number of Topliss-reactive ketones (excluding diaryl/α,β-unsaturated/α-hetero) is 1. The molecule has 2 aromatic carbocycles. The van der Waals surface area contributed by atoms with Crippen LogP contribution in [0.4, 0.5) is 0 Å². The molecule has 2 N–H and O–H groups in total. The van der Waals surface area contributed by atoms with Crippen LogP contribution in [0.25, 0.3) is 5.76 Å². The number of aliphatic hydroxyl groups excluding tert-OH is 1. The van der Waals surface area contributed by atoms with E-state index in [2.05, 4.69) is 4.90 Å². The van der Waals surface area contributed by atoms with E-state index in [1.54, 1.807) is 36.4 Å². The molecular weight excluding hydrogens is 436 g/mol. The summed E-state index contributed by atoms with van der Waals surface area (Å²) in [6, 6.07) is 12.4. The summed E-state index contributed by atoms with van der Waals surface area (Å²) in [6.07, 6.45) is 0.00185. The smallest absolute Gasteiger partial charge is 0.295 e. The highest BCUT2D eigenvalue weighted by molar-refractivity contribution is 6.46. The first kappa shape index (κ1) is 23.8. The zero-order chi connectivity index (χ0) is 24.2. The summed E-state index contributed by atoms with van der Waals surface area (Å²) in [7, 11) is 0. The van der Waals surface area contributed by atoms with E-state index in [0.717, 1.165) is 13.1 Å². The maximum Gasteiger partial charge on any atom is 0.295 e. The van der Waals surface area contributed by atoms with Gasteiger partial charge in [-0.25, -0.2) is 0 Å². The summed E-state index contributed by atoms with van der Waals surface area (Å²) in [5.41, 5.74) is 0.977. The lowest BCUT2D eigenvalue weighted by Gasteiger charge is -2.31. The van der Waals surface area contributed by atoms with Gasteiger partial charge in [0.15, 0.2) is 0 Å². The van der Waals surface area contributed by atoms with Crippen molar-refractivity contribution in [3.05, 3.63) is 65.2 Å². The largest absolute Gasteiger partial charge is 0.508 e. The number of ketones is 1. The van der Waals surface area contributed by atoms with Gasteiger partial charge in [0.05, 0.1) is 30.9 Å². The normalized spacial score (nSPS) is 20.8. The SMILES string of the molecule is CC(C)Oc1ccc(/C(O)=C2\C(=O)C(=O)N(CCN3CCOCC3)[C@@H]2c2cccc(O)c2)cc1. The quantitative estimate of drug-likeness (QED) is 0.368. The molecule has 180 valence electrons. The summed E-state index contributed by atoms with van der Waals surface area (Å²) in [5.74, 6) is -0.997. The number of hydrogen-bond acceptors (Lipinski definition) is 7. The van der Waals surface area contributed by atoms with Gasteiger partial charge < -0.3 is 24.6 Å². The number of rotatable bonds is 7. The van der Waals surface area contributed by atoms with Gasteiger partial charge in [0.25, 0.3) is 11.7 Å². The van der Waals surface area contributed by atoms with Gasteiger partial charge in [-0.1, -0.05) is 12.1 Å². The number of hydrogen-bond donors (Lipinski definition) is 2. The zero-order valence-corrected chi connectivity index (χ0v) is 19.4. The fourth-order valence-corrected chi connectivity index (χ4v) is 4.35. The molecule has 0 saturated carbocycles. The van der Waals surface area contributed by atoms with Gasteiger partial charge in [-0.3, -0.25) is 14.5 Å². The van der Waals surface area contributed by atoms with E-state index < -0.39 is 17.7 Å². The molecular formula is C26H30N2O6. The van der Waals surface area contributed by atoms with Crippen molar-refractivity contribution in [2.24, 2.45) is 0 Å². The van der Waals surface area contributed by atoms with Crippen molar-refractivity contribution in [2.45, 2.75) is 26.0 Å². The minimum atomic E-state index is -0.806. The van der Waals surface area contributed by atoms with Crippen molar-refractivity contribution in [1.82, 2.24) is 9.80 Å². The van der Waals surface area contributed by atoms with E-state index in [4.69, 9.17) is 9.47 Å². The number of aliphatic hydroxyl groups is 1. The molecule has 2 aliphatic heterocycles. The second kappa shape index (κ2) is 10.3. The number of carbonyl (C=O) groups is 2. The van der Waals surface area contributed by atoms with Crippen molar-refractivity contribution in [3.8, 4) is 11.5 Å². The van der Waals surface area contributed by atoms with Crippen LogP contribution in [0.1, 0.15) is 31.0 Å². The molecule has 1 atom stereocenters. The van der Waals surface area contributed by atoms with Gasteiger partial charge in [-0.05, 0) is 55.8 Å². The summed E-state index contributed by atoms with van der Waals surface area (Å²) in [5, 5.41) is 21.2. The highest BCUT2D eigenvalue weighted by atomic mass is 16.5. The number of ether oxygens (including phenoxy) is 2. The molecule has 0 aromatic heterocycles. The van der Waals surface area contributed by atoms with Crippen LogP contribution in [0.5, 0.6) is 11.5 Å². The Balaban J connectivity index is 1.70. The van der Waals surface area contributed by atoms with E-state index in [9.17, 15) is 19.8 Å². The third-order valence-corrected chi connectivity index (χ3v) is 5.99. The summed E-state index contributed by atoms with van der Waals surface area (Å²) >= 11 is 0. The van der Waals surface area contributed by atoms with Crippen molar-refractivity contribution in [3.63, 3.8) is 0 Å². The highest BCUT2D eigenvalue weighted by Crippen LogP contribution is 2.40. The standard InChI is InChI=1S/C26H30N2O6/c1-17(2)34-21-8-6-18(7-9-21)24(30)22-23(19-4-3-5-20(29)16-19)28(26(32)25(22)31)11-10-27-12-14-33-15-13-27/h3-9,16-17,23,29-30H,10-15H2,1-2H3/b24-22+/t23-/m1/s1. The second-order valence-corrected chi connectivity index (χ2v) is 8.73. The van der Waals surface area contributed by atoms with E-state index in [1.807, 2.05) is 13.8 Å². The summed E-state index contributed by atoms with van der Waals surface area (Å²) < 4.78 is 11.0. The third kappa shape index (κ3) is 5.08. The first-order valence-corrected chi connectivity index (χ1v) is 11.5. The molecule has 8 nitrogen and oxygen atoms in total. The van der Waals surface area contributed by atoms with Crippen LogP contribution >= 0.6 is 0 Å². The molecule has 1 amide bonds. The van der Waals surface area contributed by atoms with E-state index in [1.165, 1.54) is 17.0 Å². The maximum absolute atomic E-state index is 13.1. The summed E-state index contributed by atoms with van der Waals surface area (Å²) in [6.45, 7) is 7.49. The Morgan fingerprint density at radius 3 is 2.44 bits per heavy atom. The molecule has 0 unspecified atom stereocenters. The van der Waals surface area contributed by atoms with Crippen LogP contribution in [-0.2, 0) is 14.3 Å². The first-order valence-electron chi connectivity index (χ1n) is 11.5. The van der Waals surface area contributed by atoms with Crippen molar-refractivity contribution < 1.29 is 29.3 Å². The molecule has 8 heteroatoms. The van der Waals surface area contributed by atoms with Crippen LogP contribution in [0.2, 0.25) is 0 Å². The minimum Gasteiger partial charge on any atom is -0.508 e. The van der Waals surface area contributed by atoms with E-state index in [-0.39, 0.29) is 23.2 Å². The molecule has 2 aromatic rings. The molecule has 4 rings (SSSR count). The van der Waals surface area contributed by atoms with Crippen LogP contribution in [-0.4, -0.2) is 77.2 Å². The average Bonchev–Trinajstić information content (AvgIpc) is 3.08. The lowest BCUT2D eigenvalue weighted by Crippen LogP contribution is -2.42. The number of nitrogens with zero attached hydrogens (tertiary/aromatic N) is 2. The van der Waals surface area contributed by atoms with Gasteiger partial charge in [0.2, 0.25) is 0 Å². The Kier molecular flexibility index (Phi) is 7.19. The average molecular weight is 467 g/mol. The Morgan fingerprint density at radius 1 is 1.09 bits per heavy atom. The monoisotopic (exact) mass is 466 g/mol. The van der Waals surface area contributed by atoms with E-state index >= 15 is 0 Å². The lowest BCUT2D eigenvalue weighted by molar-refractivity contribution is -0.140. The molecule has 0 bridgehead atoms. The molecule has 0 radical (unpaired) electrons. The number of aromatic hydroxyl groups is 1. The molecule has 2 fully saturated rings. The predicted octanol–water partition coefficient (Wildman–Crippen LogP) is 2.93. The molecule has 2 aliphatic rings. The Morgan fingerprint density at radius 2 is 1.79 bits per heavy atom. The molecule has 0 aliphatic carbocycles. The number of phenolic OH excluding ortho intramolecular Hbond substituents is 1. The van der Waals surface area contributed by atoms with Crippen LogP contribution in [0.15, 0.2) is 54.1 Å². The molecule has 2 heterocycles. The van der Waals surface area contributed by atoms with Gasteiger partial charge in [0, 0.05) is 31.7 Å². The number of likely N-dealkylation sites (tertiary alicyclic amines) is 1. The summed E-state index contributed by atoms with van der Waals surface area (Å²) in [4.78, 5) is 29.9. The lowest BCUT2D eigenvalue weighted by atomic mass is 9.95. The van der Waals surface area contributed by atoms with Crippen molar-refractivity contribution in [2.75, 3.05) is 39.4 Å². The number of phenols is 1. The Labute approximate surface area is 199 Å². The Bertz CT molecular complexity index is 1070. The number of morpholine rings is 1. The molecule has 34 heavy (non-hydrogen) atoms. The zero-order valence-electron chi connectivity index (χ0n) is 19.4. The Hall–Kier alpha value is -3.36. The van der Waals surface area contributed by atoms with E-state index in [0.29, 0.717) is 43.2 Å². The number of benzene rings is 2. The van der Waals surface area contributed by atoms with Crippen molar-refractivity contribution in [1.29, 1.82) is 0 Å². The second-order valence-electron chi connectivity index (χ2n) is 8.73. The number of carbonyl (C=O) groups excluding carboxylic acids is 2. The maximum atomic E-state index is 13.1. The van der Waals surface area contributed by atoms with Gasteiger partial charge in [0.1, 0.15) is 17.3 Å². The van der Waals surface area contributed by atoms with Crippen LogP contribution in [0, 0.1) is 0 Å². The fraction of sp³-hybridized carbons (Fsp3) is 0.385. The first-order chi connectivity index (χ1) is 16.3. The number of amides is 1. The molecule has 2 saturated heterocycles. The van der Waals surface area contributed by atoms with Gasteiger partial charge >= 0.3 is 0 Å². The predicted molar refractivity (Wildman–Crippen MR) is 127 cm³/mol. The van der Waals surface area contributed by atoms with Crippen LogP contribution < -0.4 is 4.74 Å². The minimum absolute atomic E-state index is 0.00185. The topological polar surface area (TPSA) is 99.5 Å². The van der Waals surface area contributed by atoms with Crippen LogP contribution in [0.3, 0.4) is 0 Å². The van der Waals surface area contributed by atoms with Crippen molar-refractivity contribution >= 4 is 17.4 Å². The highest BCUT2D eigenvalue weighted by Gasteiger charge is 2.46. The van der Waals surface area contributed by atoms with Gasteiger partial charge in [-0.2, -0.15) is 0 Å². The third-order valence-electron chi connectivity index (χ3n) is 5.99. The van der Waals surface area contributed by atoms with Gasteiger partial charge in [-0.15, -0.1) is 0 Å².